The zero-order chi connectivity index (χ0) is 28.5. The number of hydrogen-bond acceptors (Lipinski definition) is 7. The van der Waals surface area contributed by atoms with Crippen LogP contribution in [0.25, 0.3) is 0 Å². The second-order valence-electron chi connectivity index (χ2n) is 10.9. The summed E-state index contributed by atoms with van der Waals surface area (Å²) < 4.78 is 23.3. The number of likely N-dealkylation sites (tertiary alicyclic amines) is 1. The highest BCUT2D eigenvalue weighted by Crippen LogP contribution is 2.42. The van der Waals surface area contributed by atoms with Crippen molar-refractivity contribution in [1.82, 2.24) is 4.90 Å². The Labute approximate surface area is 239 Å². The summed E-state index contributed by atoms with van der Waals surface area (Å²) in [5, 5.41) is 0. The van der Waals surface area contributed by atoms with Crippen molar-refractivity contribution in [3.05, 3.63) is 89.0 Å². The minimum absolute atomic E-state index is 0.0229. The molecule has 3 aromatic rings. The fraction of sp³-hybridized carbons (Fsp3) is 0.364. The molecule has 0 saturated carbocycles. The van der Waals surface area contributed by atoms with Crippen molar-refractivity contribution in [2.24, 2.45) is 5.92 Å². The van der Waals surface area contributed by atoms with Gasteiger partial charge in [0.15, 0.2) is 17.3 Å². The van der Waals surface area contributed by atoms with Gasteiger partial charge in [-0.3, -0.25) is 14.4 Å². The predicted octanol–water partition coefficient (Wildman–Crippen LogP) is 4.73. The average molecular weight is 556 g/mol. The van der Waals surface area contributed by atoms with E-state index in [1.54, 1.807) is 43.5 Å². The molecule has 0 radical (unpaired) electrons. The molecule has 2 fully saturated rings. The fourth-order valence-corrected chi connectivity index (χ4v) is 6.04. The van der Waals surface area contributed by atoms with Crippen molar-refractivity contribution in [2.75, 3.05) is 20.3 Å². The number of ether oxygens (including phenoxy) is 4. The van der Waals surface area contributed by atoms with Crippen molar-refractivity contribution >= 4 is 17.5 Å². The second-order valence-corrected chi connectivity index (χ2v) is 10.9. The van der Waals surface area contributed by atoms with Gasteiger partial charge in [-0.2, -0.15) is 0 Å². The van der Waals surface area contributed by atoms with E-state index >= 15 is 0 Å². The van der Waals surface area contributed by atoms with Crippen LogP contribution >= 0.6 is 0 Å². The third-order valence-corrected chi connectivity index (χ3v) is 8.06. The van der Waals surface area contributed by atoms with E-state index in [2.05, 4.69) is 0 Å². The molecule has 0 N–H and O–H groups in total. The molecule has 8 heteroatoms. The van der Waals surface area contributed by atoms with E-state index in [0.29, 0.717) is 42.3 Å². The molecule has 4 atom stereocenters. The lowest BCUT2D eigenvalue weighted by atomic mass is 9.85. The van der Waals surface area contributed by atoms with Crippen LogP contribution in [-0.2, 0) is 27.4 Å². The van der Waals surface area contributed by atoms with Gasteiger partial charge in [0.2, 0.25) is 5.78 Å². The van der Waals surface area contributed by atoms with E-state index in [9.17, 15) is 14.4 Å². The Bertz CT molecular complexity index is 1460. The van der Waals surface area contributed by atoms with E-state index in [4.69, 9.17) is 18.9 Å². The standard InChI is InChI=1S/C33H33NO7/c1-20-15-24-16-23(11-12-26(24)41-20)31(35)29-30(34(33(37)32(29)36)18-25-9-6-14-39-25)22-10-13-27(28(17-22)38-2)40-19-21-7-4-3-5-8-21/h3-5,7-8,10-13,16-17,20,25,29-30H,6,9,14-15,18-19H2,1-2H3. The minimum atomic E-state index is -1.19. The zero-order valence-electron chi connectivity index (χ0n) is 23.2. The summed E-state index contributed by atoms with van der Waals surface area (Å²) in [4.78, 5) is 42.5. The SMILES string of the molecule is COc1cc(C2C(C(=O)c3ccc4c(c3)CC(C)O4)C(=O)C(=O)N2CC2CCCO2)ccc1OCc1ccccc1. The summed E-state index contributed by atoms with van der Waals surface area (Å²) in [5.74, 6) is -1.21. The predicted molar refractivity (Wildman–Crippen MR) is 150 cm³/mol. The van der Waals surface area contributed by atoms with Crippen molar-refractivity contribution in [2.45, 2.75) is 51.0 Å². The number of rotatable bonds is 9. The van der Waals surface area contributed by atoms with Crippen molar-refractivity contribution in [3.8, 4) is 17.2 Å². The first kappa shape index (κ1) is 27.0. The van der Waals surface area contributed by atoms with Crippen LogP contribution in [0, 0.1) is 5.92 Å². The molecule has 4 unspecified atom stereocenters. The number of benzene rings is 3. The van der Waals surface area contributed by atoms with Crippen LogP contribution in [0.15, 0.2) is 66.7 Å². The molecule has 2 saturated heterocycles. The van der Waals surface area contributed by atoms with Crippen molar-refractivity contribution < 1.29 is 33.3 Å². The highest BCUT2D eigenvalue weighted by molar-refractivity contribution is 6.44. The number of carbonyl (C=O) groups excluding carboxylic acids is 3. The topological polar surface area (TPSA) is 91.4 Å². The number of amides is 1. The van der Waals surface area contributed by atoms with Gasteiger partial charge in [-0.05, 0) is 66.8 Å². The zero-order valence-corrected chi connectivity index (χ0v) is 23.2. The Hall–Kier alpha value is -4.17. The number of fused-ring (bicyclic) bond motifs is 1. The largest absolute Gasteiger partial charge is 0.493 e. The Morgan fingerprint density at radius 1 is 1.02 bits per heavy atom. The molecule has 8 nitrogen and oxygen atoms in total. The third kappa shape index (κ3) is 5.32. The Morgan fingerprint density at radius 2 is 1.85 bits per heavy atom. The van der Waals surface area contributed by atoms with Crippen LogP contribution < -0.4 is 14.2 Å². The van der Waals surface area contributed by atoms with E-state index in [-0.39, 0.29) is 24.5 Å². The molecule has 41 heavy (non-hydrogen) atoms. The van der Waals surface area contributed by atoms with Gasteiger partial charge in [0.25, 0.3) is 5.91 Å². The van der Waals surface area contributed by atoms with Gasteiger partial charge in [-0.15, -0.1) is 0 Å². The molecule has 0 aromatic heterocycles. The van der Waals surface area contributed by atoms with Gasteiger partial charge in [-0.1, -0.05) is 36.4 Å². The maximum absolute atomic E-state index is 14.0. The van der Waals surface area contributed by atoms with Gasteiger partial charge in [0.05, 0.1) is 19.3 Å². The first-order valence-corrected chi connectivity index (χ1v) is 14.1. The van der Waals surface area contributed by atoms with E-state index in [1.807, 2.05) is 37.3 Å². The maximum Gasteiger partial charge on any atom is 0.291 e. The van der Waals surface area contributed by atoms with Gasteiger partial charge < -0.3 is 23.8 Å². The number of nitrogens with zero attached hydrogens (tertiary/aromatic N) is 1. The normalized spacial score (nSPS) is 23.4. The first-order valence-electron chi connectivity index (χ1n) is 14.1. The van der Waals surface area contributed by atoms with E-state index in [1.165, 1.54) is 4.90 Å². The molecule has 1 amide bonds. The molecular formula is C33H33NO7. The quantitative estimate of drug-likeness (QED) is 0.214. The summed E-state index contributed by atoms with van der Waals surface area (Å²) in [7, 11) is 1.54. The molecular weight excluding hydrogens is 522 g/mol. The first-order chi connectivity index (χ1) is 19.9. The van der Waals surface area contributed by atoms with E-state index < -0.39 is 23.7 Å². The van der Waals surface area contributed by atoms with Crippen LogP contribution in [0.1, 0.15) is 52.9 Å². The number of hydrogen-bond donors (Lipinski definition) is 0. The molecule has 212 valence electrons. The highest BCUT2D eigenvalue weighted by atomic mass is 16.5. The number of Topliss-reactive ketones (excluding diaryl/α,β-unsaturated/α-hetero) is 2. The summed E-state index contributed by atoms with van der Waals surface area (Å²) in [5.41, 5.74) is 2.96. The fourth-order valence-electron chi connectivity index (χ4n) is 6.04. The molecule has 0 aliphatic carbocycles. The van der Waals surface area contributed by atoms with Gasteiger partial charge in [0, 0.05) is 25.1 Å². The van der Waals surface area contributed by atoms with Gasteiger partial charge >= 0.3 is 0 Å². The smallest absolute Gasteiger partial charge is 0.291 e. The number of ketones is 2. The lowest BCUT2D eigenvalue weighted by molar-refractivity contribution is -0.141. The molecule has 3 aliphatic rings. The lowest BCUT2D eigenvalue weighted by Crippen LogP contribution is -2.37. The Morgan fingerprint density at radius 3 is 2.61 bits per heavy atom. The number of methoxy groups -OCH3 is 1. The molecule has 0 spiro atoms. The molecule has 3 aromatic carbocycles. The van der Waals surface area contributed by atoms with Crippen LogP contribution in [0.2, 0.25) is 0 Å². The second kappa shape index (κ2) is 11.4. The third-order valence-electron chi connectivity index (χ3n) is 8.06. The highest BCUT2D eigenvalue weighted by Gasteiger charge is 2.52. The Balaban J connectivity index is 1.34. The molecule has 3 aliphatic heterocycles. The summed E-state index contributed by atoms with van der Waals surface area (Å²) in [6.45, 7) is 3.18. The lowest BCUT2D eigenvalue weighted by Gasteiger charge is -2.29. The van der Waals surface area contributed by atoms with Gasteiger partial charge in [-0.25, -0.2) is 0 Å². The monoisotopic (exact) mass is 555 g/mol. The Kier molecular flexibility index (Phi) is 7.49. The summed E-state index contributed by atoms with van der Waals surface area (Å²) in [6.07, 6.45) is 2.21. The van der Waals surface area contributed by atoms with Crippen molar-refractivity contribution in [1.29, 1.82) is 0 Å². The molecule has 0 bridgehead atoms. The van der Waals surface area contributed by atoms with Crippen LogP contribution in [-0.4, -0.2) is 54.8 Å². The van der Waals surface area contributed by atoms with Crippen molar-refractivity contribution in [3.63, 3.8) is 0 Å². The van der Waals surface area contributed by atoms with Gasteiger partial charge in [0.1, 0.15) is 24.4 Å². The summed E-state index contributed by atoms with van der Waals surface area (Å²) in [6, 6.07) is 19.6. The summed E-state index contributed by atoms with van der Waals surface area (Å²) >= 11 is 0. The molecule has 6 rings (SSSR count). The van der Waals surface area contributed by atoms with Crippen LogP contribution in [0.5, 0.6) is 17.2 Å². The molecule has 3 heterocycles. The minimum Gasteiger partial charge on any atom is -0.493 e. The van der Waals surface area contributed by atoms with Crippen LogP contribution in [0.4, 0.5) is 0 Å². The maximum atomic E-state index is 14.0. The average Bonchev–Trinajstić information content (AvgIpc) is 3.70. The van der Waals surface area contributed by atoms with Crippen LogP contribution in [0.3, 0.4) is 0 Å². The van der Waals surface area contributed by atoms with E-state index in [0.717, 1.165) is 29.7 Å². The number of carbonyl (C=O) groups is 3.